The van der Waals surface area contributed by atoms with Gasteiger partial charge in [-0.15, -0.1) is 21.5 Å². The number of thioether (sulfide) groups is 1. The third-order valence-electron chi connectivity index (χ3n) is 6.38. The molecule has 0 saturated carbocycles. The summed E-state index contributed by atoms with van der Waals surface area (Å²) in [5.41, 5.74) is 2.04. The summed E-state index contributed by atoms with van der Waals surface area (Å²) in [4.78, 5) is 16.5. The summed E-state index contributed by atoms with van der Waals surface area (Å²) in [5, 5.41) is 14.4. The topological polar surface area (TPSA) is 72.3 Å². The molecular weight excluding hydrogens is 466 g/mol. The number of aromatic nitrogens is 3. The summed E-state index contributed by atoms with van der Waals surface area (Å²) in [5.74, 6) is 0.800. The van der Waals surface area contributed by atoms with Crippen molar-refractivity contribution in [2.75, 3.05) is 29.9 Å². The predicted octanol–water partition coefficient (Wildman–Crippen LogP) is 5.30. The molecule has 2 fully saturated rings. The van der Waals surface area contributed by atoms with E-state index < -0.39 is 0 Å². The van der Waals surface area contributed by atoms with E-state index in [2.05, 4.69) is 43.2 Å². The van der Waals surface area contributed by atoms with E-state index in [4.69, 9.17) is 4.74 Å². The Morgan fingerprint density at radius 1 is 1.18 bits per heavy atom. The fourth-order valence-corrected chi connectivity index (χ4v) is 6.06. The smallest absolute Gasteiger partial charge is 0.237 e. The van der Waals surface area contributed by atoms with Gasteiger partial charge in [-0.05, 0) is 74.7 Å². The number of rotatable bonds is 8. The van der Waals surface area contributed by atoms with Gasteiger partial charge in [-0.2, -0.15) is 0 Å². The molecule has 0 aliphatic carbocycles. The lowest BCUT2D eigenvalue weighted by molar-refractivity contribution is -0.115. The van der Waals surface area contributed by atoms with E-state index >= 15 is 0 Å². The molecule has 180 valence electrons. The number of benzene rings is 1. The molecule has 1 N–H and O–H groups in total. The largest absolute Gasteiger partial charge is 0.376 e. The minimum absolute atomic E-state index is 0.0416. The average Bonchev–Trinajstić information content (AvgIpc) is 3.64. The summed E-state index contributed by atoms with van der Waals surface area (Å²) in [6.07, 6.45) is 6.10. The maximum atomic E-state index is 13.0. The molecular formula is C25H31N5O2S2. The van der Waals surface area contributed by atoms with Crippen LogP contribution in [-0.2, 0) is 16.1 Å². The molecule has 2 aliphatic rings. The molecule has 2 unspecified atom stereocenters. The molecule has 2 aromatic heterocycles. The van der Waals surface area contributed by atoms with Crippen molar-refractivity contribution >= 4 is 40.4 Å². The quantitative estimate of drug-likeness (QED) is 0.426. The zero-order valence-electron chi connectivity index (χ0n) is 19.5. The van der Waals surface area contributed by atoms with E-state index in [1.165, 1.54) is 36.7 Å². The minimum Gasteiger partial charge on any atom is -0.376 e. The molecule has 0 radical (unpaired) electrons. The summed E-state index contributed by atoms with van der Waals surface area (Å²) >= 11 is 3.09. The molecule has 2 aliphatic heterocycles. The van der Waals surface area contributed by atoms with Crippen molar-refractivity contribution in [1.29, 1.82) is 0 Å². The molecule has 0 bridgehead atoms. The number of hydrogen-bond acceptors (Lipinski definition) is 7. The van der Waals surface area contributed by atoms with Gasteiger partial charge in [-0.1, -0.05) is 17.8 Å². The Hall–Kier alpha value is -2.36. The van der Waals surface area contributed by atoms with Gasteiger partial charge in [0.15, 0.2) is 11.0 Å². The second-order valence-corrected chi connectivity index (χ2v) is 11.1. The van der Waals surface area contributed by atoms with Gasteiger partial charge in [0, 0.05) is 31.1 Å². The molecule has 1 amide bonds. The first-order chi connectivity index (χ1) is 16.7. The van der Waals surface area contributed by atoms with Crippen LogP contribution in [0.2, 0.25) is 0 Å². The van der Waals surface area contributed by atoms with Gasteiger partial charge in [0.25, 0.3) is 0 Å². The van der Waals surface area contributed by atoms with Crippen LogP contribution in [0, 0.1) is 0 Å². The van der Waals surface area contributed by atoms with E-state index in [0.717, 1.165) is 54.1 Å². The lowest BCUT2D eigenvalue weighted by Gasteiger charge is -2.28. The van der Waals surface area contributed by atoms with Crippen LogP contribution in [0.15, 0.2) is 46.9 Å². The third kappa shape index (κ3) is 5.47. The fourth-order valence-electron chi connectivity index (χ4n) is 4.48. The van der Waals surface area contributed by atoms with E-state index in [1.54, 1.807) is 11.3 Å². The highest BCUT2D eigenvalue weighted by molar-refractivity contribution is 8.00. The molecule has 2 saturated heterocycles. The molecule has 4 heterocycles. The summed E-state index contributed by atoms with van der Waals surface area (Å²) in [6, 6.07) is 12.3. The van der Waals surface area contributed by atoms with Crippen molar-refractivity contribution in [3.63, 3.8) is 0 Å². The Bertz CT molecular complexity index is 1070. The van der Waals surface area contributed by atoms with E-state index in [0.29, 0.717) is 6.54 Å². The average molecular weight is 498 g/mol. The van der Waals surface area contributed by atoms with E-state index in [1.807, 2.05) is 30.5 Å². The number of amides is 1. The number of anilines is 2. The number of nitrogens with one attached hydrogen (secondary N) is 1. The molecule has 9 heteroatoms. The van der Waals surface area contributed by atoms with Crippen LogP contribution in [0.25, 0.3) is 10.7 Å². The highest BCUT2D eigenvalue weighted by Crippen LogP contribution is 2.31. The Labute approximate surface area is 208 Å². The van der Waals surface area contributed by atoms with Crippen LogP contribution in [-0.4, -0.2) is 51.7 Å². The lowest BCUT2D eigenvalue weighted by Crippen LogP contribution is -2.29. The summed E-state index contributed by atoms with van der Waals surface area (Å²) in [6.45, 7) is 5.64. The second kappa shape index (κ2) is 10.9. The molecule has 1 aromatic carbocycles. The number of ether oxygens (including phenoxy) is 1. The Balaban J connectivity index is 1.25. The van der Waals surface area contributed by atoms with Crippen LogP contribution in [0.4, 0.5) is 11.4 Å². The number of carbonyl (C=O) groups excluding carboxylic acids is 1. The number of piperidine rings is 1. The monoisotopic (exact) mass is 497 g/mol. The molecule has 7 nitrogen and oxygen atoms in total. The van der Waals surface area contributed by atoms with E-state index in [-0.39, 0.29) is 17.3 Å². The number of hydrogen-bond donors (Lipinski definition) is 1. The van der Waals surface area contributed by atoms with Gasteiger partial charge >= 0.3 is 0 Å². The highest BCUT2D eigenvalue weighted by atomic mass is 32.2. The Morgan fingerprint density at radius 2 is 2.00 bits per heavy atom. The van der Waals surface area contributed by atoms with Gasteiger partial charge in [-0.25, -0.2) is 0 Å². The van der Waals surface area contributed by atoms with Gasteiger partial charge in [-0.3, -0.25) is 9.36 Å². The maximum absolute atomic E-state index is 13.0. The molecule has 0 spiro atoms. The first-order valence-corrected chi connectivity index (χ1v) is 13.8. The number of carbonyl (C=O) groups is 1. The van der Waals surface area contributed by atoms with E-state index in [9.17, 15) is 4.79 Å². The van der Waals surface area contributed by atoms with Crippen molar-refractivity contribution in [2.45, 2.75) is 62.1 Å². The van der Waals surface area contributed by atoms with Crippen LogP contribution >= 0.6 is 23.1 Å². The SMILES string of the molecule is CC(Sc1nnc(-c2cccs2)n1CC1CCCO1)C(=O)Nc1ccc(N2CCCCC2)cc1. The van der Waals surface area contributed by atoms with Crippen molar-refractivity contribution in [1.82, 2.24) is 14.8 Å². The van der Waals surface area contributed by atoms with Crippen molar-refractivity contribution in [2.24, 2.45) is 0 Å². The summed E-state index contributed by atoms with van der Waals surface area (Å²) in [7, 11) is 0. The van der Waals surface area contributed by atoms with Crippen LogP contribution in [0.3, 0.4) is 0 Å². The van der Waals surface area contributed by atoms with Gasteiger partial charge < -0.3 is 15.0 Å². The normalized spacial score (nSPS) is 19.3. The standard InChI is InChI=1S/C25H31N5O2S2/c1-18(24(31)26-19-9-11-20(12-10-19)29-13-3-2-4-14-29)34-25-28-27-23(22-8-6-16-33-22)30(25)17-21-7-5-15-32-21/h6,8-12,16,18,21H,2-5,7,13-15,17H2,1H3,(H,26,31). The van der Waals surface area contributed by atoms with Crippen LogP contribution in [0.1, 0.15) is 39.0 Å². The van der Waals surface area contributed by atoms with Crippen LogP contribution in [0.5, 0.6) is 0 Å². The highest BCUT2D eigenvalue weighted by Gasteiger charge is 2.25. The van der Waals surface area contributed by atoms with Crippen molar-refractivity contribution in [3.05, 3.63) is 41.8 Å². The Kier molecular flexibility index (Phi) is 7.51. The first-order valence-electron chi connectivity index (χ1n) is 12.1. The predicted molar refractivity (Wildman–Crippen MR) is 139 cm³/mol. The maximum Gasteiger partial charge on any atom is 0.237 e. The minimum atomic E-state index is -0.314. The number of nitrogens with zero attached hydrogens (tertiary/aromatic N) is 4. The zero-order chi connectivity index (χ0) is 23.3. The molecule has 3 aromatic rings. The van der Waals surface area contributed by atoms with Crippen molar-refractivity contribution in [3.8, 4) is 10.7 Å². The Morgan fingerprint density at radius 3 is 2.71 bits per heavy atom. The van der Waals surface area contributed by atoms with Gasteiger partial charge in [0.1, 0.15) is 0 Å². The number of thiophene rings is 1. The molecule has 34 heavy (non-hydrogen) atoms. The summed E-state index contributed by atoms with van der Waals surface area (Å²) < 4.78 is 7.99. The van der Waals surface area contributed by atoms with Crippen molar-refractivity contribution < 1.29 is 9.53 Å². The first kappa shape index (κ1) is 23.4. The van der Waals surface area contributed by atoms with Gasteiger partial charge in [0.05, 0.1) is 22.8 Å². The van der Waals surface area contributed by atoms with Crippen LogP contribution < -0.4 is 10.2 Å². The van der Waals surface area contributed by atoms with Gasteiger partial charge in [0.2, 0.25) is 5.91 Å². The molecule has 2 atom stereocenters. The second-order valence-electron chi connectivity index (χ2n) is 8.87. The third-order valence-corrected chi connectivity index (χ3v) is 8.32. The molecule has 5 rings (SSSR count). The zero-order valence-corrected chi connectivity index (χ0v) is 21.1. The fraction of sp³-hybridized carbons (Fsp3) is 0.480. The lowest BCUT2D eigenvalue weighted by atomic mass is 10.1.